The van der Waals surface area contributed by atoms with Crippen molar-refractivity contribution in [3.8, 4) is 11.5 Å². The quantitative estimate of drug-likeness (QED) is 0.839. The molecule has 1 aromatic carbocycles. The van der Waals surface area contributed by atoms with E-state index in [0.29, 0.717) is 16.4 Å². The van der Waals surface area contributed by atoms with Crippen LogP contribution in [-0.2, 0) is 4.79 Å². The van der Waals surface area contributed by atoms with E-state index in [4.69, 9.17) is 0 Å². The first-order valence-corrected chi connectivity index (χ1v) is 6.41. The molecule has 1 aliphatic rings. The van der Waals surface area contributed by atoms with Gasteiger partial charge in [0.15, 0.2) is 0 Å². The number of thioether (sulfide) groups is 1. The summed E-state index contributed by atoms with van der Waals surface area (Å²) >= 11 is 1.43. The van der Waals surface area contributed by atoms with Crippen LogP contribution in [0.2, 0.25) is 0 Å². The van der Waals surface area contributed by atoms with Gasteiger partial charge in [-0.2, -0.15) is 0 Å². The molecule has 0 fully saturated rings. The van der Waals surface area contributed by atoms with Crippen LogP contribution in [0.5, 0.6) is 11.5 Å². The number of hydrogen-bond donors (Lipinski definition) is 2. The predicted molar refractivity (Wildman–Crippen MR) is 71.2 cm³/mol. The number of likely N-dealkylation sites (N-methyl/N-ethyl adjacent to an activating group) is 1. The number of aromatic hydroxyl groups is 2. The van der Waals surface area contributed by atoms with E-state index in [1.165, 1.54) is 28.8 Å². The summed E-state index contributed by atoms with van der Waals surface area (Å²) in [5, 5.41) is 19.6. The maximum absolute atomic E-state index is 11.8. The molecule has 0 aliphatic carbocycles. The Morgan fingerprint density at radius 2 is 2.17 bits per heavy atom. The van der Waals surface area contributed by atoms with Gasteiger partial charge in [-0.15, -0.1) is 11.8 Å². The standard InChI is InChI=1S/C12H14N2O3S/c1-14(2)12(17)9-6-18-11(13-9)8-4-3-7(15)5-10(8)16/h3-5,9,15-16H,6H2,1-2H3/t9-/m1/s1. The number of amides is 1. The molecule has 0 radical (unpaired) electrons. The molecule has 1 aromatic rings. The molecule has 2 N–H and O–H groups in total. The molecule has 18 heavy (non-hydrogen) atoms. The Morgan fingerprint density at radius 1 is 1.44 bits per heavy atom. The molecule has 0 unspecified atom stereocenters. The maximum Gasteiger partial charge on any atom is 0.247 e. The highest BCUT2D eigenvalue weighted by Gasteiger charge is 2.27. The zero-order chi connectivity index (χ0) is 13.3. The van der Waals surface area contributed by atoms with Crippen molar-refractivity contribution in [2.45, 2.75) is 6.04 Å². The second-order valence-electron chi connectivity index (χ2n) is 4.20. The van der Waals surface area contributed by atoms with Crippen LogP contribution in [-0.4, -0.2) is 52.0 Å². The van der Waals surface area contributed by atoms with Crippen LogP contribution >= 0.6 is 11.8 Å². The summed E-state index contributed by atoms with van der Waals surface area (Å²) in [4.78, 5) is 17.6. The normalized spacial score (nSPS) is 18.6. The summed E-state index contributed by atoms with van der Waals surface area (Å²) in [5.41, 5.74) is 0.548. The van der Waals surface area contributed by atoms with Crippen LogP contribution in [0.25, 0.3) is 0 Å². The van der Waals surface area contributed by atoms with E-state index < -0.39 is 6.04 Å². The summed E-state index contributed by atoms with van der Waals surface area (Å²) in [6, 6.07) is 3.95. The van der Waals surface area contributed by atoms with Gasteiger partial charge in [-0.05, 0) is 12.1 Å². The fraction of sp³-hybridized carbons (Fsp3) is 0.333. The minimum atomic E-state index is -0.395. The Hall–Kier alpha value is -1.69. The van der Waals surface area contributed by atoms with E-state index in [0.717, 1.165) is 0 Å². The zero-order valence-electron chi connectivity index (χ0n) is 10.1. The zero-order valence-corrected chi connectivity index (χ0v) is 10.9. The van der Waals surface area contributed by atoms with Gasteiger partial charge in [-0.25, -0.2) is 0 Å². The number of nitrogens with zero attached hydrogens (tertiary/aromatic N) is 2. The van der Waals surface area contributed by atoms with E-state index in [1.807, 2.05) is 0 Å². The van der Waals surface area contributed by atoms with Crippen molar-refractivity contribution >= 4 is 22.7 Å². The topological polar surface area (TPSA) is 73.1 Å². The summed E-state index contributed by atoms with van der Waals surface area (Å²) in [6.45, 7) is 0. The van der Waals surface area contributed by atoms with Crippen molar-refractivity contribution in [1.29, 1.82) is 0 Å². The molecule has 2 rings (SSSR count). The second kappa shape index (κ2) is 4.89. The highest BCUT2D eigenvalue weighted by Crippen LogP contribution is 2.31. The van der Waals surface area contributed by atoms with Gasteiger partial charge in [0.1, 0.15) is 22.6 Å². The van der Waals surface area contributed by atoms with Crippen LogP contribution in [0, 0.1) is 0 Å². The summed E-state index contributed by atoms with van der Waals surface area (Å²) in [6.07, 6.45) is 0. The number of hydrogen-bond acceptors (Lipinski definition) is 5. The largest absolute Gasteiger partial charge is 0.508 e. The average Bonchev–Trinajstić information content (AvgIpc) is 2.77. The van der Waals surface area contributed by atoms with Gasteiger partial charge in [0.05, 0.1) is 0 Å². The third-order valence-corrected chi connectivity index (χ3v) is 3.67. The van der Waals surface area contributed by atoms with Gasteiger partial charge < -0.3 is 15.1 Å². The second-order valence-corrected chi connectivity index (χ2v) is 5.20. The summed E-state index contributed by atoms with van der Waals surface area (Å²) < 4.78 is 0. The smallest absolute Gasteiger partial charge is 0.247 e. The van der Waals surface area contributed by atoms with Crippen LogP contribution in [0.4, 0.5) is 0 Å². The average molecular weight is 266 g/mol. The number of phenolic OH excluding ortho intramolecular Hbond substituents is 2. The van der Waals surface area contributed by atoms with Crippen molar-refractivity contribution in [3.63, 3.8) is 0 Å². The maximum atomic E-state index is 11.8. The van der Waals surface area contributed by atoms with E-state index in [9.17, 15) is 15.0 Å². The molecule has 1 amide bonds. The molecule has 96 valence electrons. The fourth-order valence-electron chi connectivity index (χ4n) is 1.65. The lowest BCUT2D eigenvalue weighted by Crippen LogP contribution is -2.32. The number of aliphatic imine (C=N–C) groups is 1. The molecule has 0 saturated heterocycles. The number of carbonyl (C=O) groups excluding carboxylic acids is 1. The van der Waals surface area contributed by atoms with Crippen LogP contribution < -0.4 is 0 Å². The Bertz CT molecular complexity index is 514. The molecular formula is C12H14N2O3S. The van der Waals surface area contributed by atoms with Gasteiger partial charge in [0.2, 0.25) is 5.91 Å². The SMILES string of the molecule is CN(C)C(=O)[C@H]1CSC(c2ccc(O)cc2O)=N1. The molecule has 0 saturated carbocycles. The number of phenols is 2. The van der Waals surface area contributed by atoms with E-state index in [-0.39, 0.29) is 17.4 Å². The lowest BCUT2D eigenvalue weighted by Gasteiger charge is -2.12. The minimum Gasteiger partial charge on any atom is -0.508 e. The Labute approximate surface area is 109 Å². The number of rotatable bonds is 2. The first kappa shape index (κ1) is 12.8. The predicted octanol–water partition coefficient (Wildman–Crippen LogP) is 1.05. The fourth-order valence-corrected chi connectivity index (χ4v) is 2.71. The molecule has 6 heteroatoms. The van der Waals surface area contributed by atoms with Crippen molar-refractivity contribution in [2.24, 2.45) is 4.99 Å². The molecule has 1 atom stereocenters. The van der Waals surface area contributed by atoms with Crippen LogP contribution in [0.3, 0.4) is 0 Å². The molecular weight excluding hydrogens is 252 g/mol. The van der Waals surface area contributed by atoms with Crippen molar-refractivity contribution in [1.82, 2.24) is 4.90 Å². The molecule has 0 bridgehead atoms. The molecule has 0 aromatic heterocycles. The van der Waals surface area contributed by atoms with Gasteiger partial charge in [0, 0.05) is 31.5 Å². The van der Waals surface area contributed by atoms with Crippen molar-refractivity contribution in [3.05, 3.63) is 23.8 Å². The third kappa shape index (κ3) is 2.43. The Kier molecular flexibility index (Phi) is 3.47. The summed E-state index contributed by atoms with van der Waals surface area (Å²) in [7, 11) is 3.39. The van der Waals surface area contributed by atoms with Crippen molar-refractivity contribution in [2.75, 3.05) is 19.8 Å². The minimum absolute atomic E-state index is 0.000708. The summed E-state index contributed by atoms with van der Waals surface area (Å²) in [5.74, 6) is 0.503. The van der Waals surface area contributed by atoms with Gasteiger partial charge in [-0.1, -0.05) is 0 Å². The Morgan fingerprint density at radius 3 is 2.78 bits per heavy atom. The van der Waals surface area contributed by atoms with Gasteiger partial charge in [-0.3, -0.25) is 9.79 Å². The lowest BCUT2D eigenvalue weighted by molar-refractivity contribution is -0.129. The molecule has 0 spiro atoms. The van der Waals surface area contributed by atoms with Crippen molar-refractivity contribution < 1.29 is 15.0 Å². The molecule has 5 nitrogen and oxygen atoms in total. The number of carbonyl (C=O) groups is 1. The lowest BCUT2D eigenvalue weighted by atomic mass is 10.2. The monoisotopic (exact) mass is 266 g/mol. The third-order valence-electron chi connectivity index (χ3n) is 2.59. The first-order valence-electron chi connectivity index (χ1n) is 5.43. The number of benzene rings is 1. The highest BCUT2D eigenvalue weighted by atomic mass is 32.2. The van der Waals surface area contributed by atoms with Gasteiger partial charge in [0.25, 0.3) is 0 Å². The molecule has 1 heterocycles. The van der Waals surface area contributed by atoms with E-state index in [1.54, 1.807) is 20.2 Å². The van der Waals surface area contributed by atoms with Crippen LogP contribution in [0.1, 0.15) is 5.56 Å². The Balaban J connectivity index is 2.25. The van der Waals surface area contributed by atoms with E-state index in [2.05, 4.69) is 4.99 Å². The van der Waals surface area contributed by atoms with Crippen LogP contribution in [0.15, 0.2) is 23.2 Å². The molecule has 1 aliphatic heterocycles. The highest BCUT2D eigenvalue weighted by molar-refractivity contribution is 8.14. The van der Waals surface area contributed by atoms with E-state index >= 15 is 0 Å². The van der Waals surface area contributed by atoms with Gasteiger partial charge >= 0.3 is 0 Å². The first-order chi connectivity index (χ1) is 8.49.